The summed E-state index contributed by atoms with van der Waals surface area (Å²) >= 11 is 0. The number of hydrogen-bond donors (Lipinski definition) is 2. The van der Waals surface area contributed by atoms with Gasteiger partial charge in [-0.2, -0.15) is 0 Å². The molecule has 0 radical (unpaired) electrons. The van der Waals surface area contributed by atoms with Gasteiger partial charge in [-0.1, -0.05) is 12.1 Å². The highest BCUT2D eigenvalue weighted by molar-refractivity contribution is 5.76. The molecule has 18 heavy (non-hydrogen) atoms. The number of aliphatic carboxylic acids is 1. The first-order valence-electron chi connectivity index (χ1n) is 5.09. The Kier molecular flexibility index (Phi) is 4.50. The molecule has 0 saturated carbocycles. The van der Waals surface area contributed by atoms with Gasteiger partial charge in [0.1, 0.15) is 6.29 Å². The van der Waals surface area contributed by atoms with E-state index in [1.807, 2.05) is 0 Å². The minimum absolute atomic E-state index is 0.0907. The third kappa shape index (κ3) is 2.89. The number of carbonyl (C=O) groups is 2. The predicted octanol–water partition coefficient (Wildman–Crippen LogP) is 0.844. The van der Waals surface area contributed by atoms with Crippen LogP contribution in [0, 0.1) is 10.1 Å². The number of carboxylic acid groups (broad SMARTS) is 1. The van der Waals surface area contributed by atoms with Crippen LogP contribution in [0.25, 0.3) is 0 Å². The predicted molar refractivity (Wildman–Crippen MR) is 60.1 cm³/mol. The molecule has 7 heteroatoms. The first-order chi connectivity index (χ1) is 8.49. The Balaban J connectivity index is 3.29. The molecule has 7 nitrogen and oxygen atoms in total. The summed E-state index contributed by atoms with van der Waals surface area (Å²) in [5, 5.41) is 29.0. The molecule has 96 valence electrons. The number of nitrogens with zero attached hydrogens (tertiary/aromatic N) is 1. The monoisotopic (exact) mass is 253 g/mol. The maximum absolute atomic E-state index is 10.9. The fourth-order valence-corrected chi connectivity index (χ4v) is 1.60. The van der Waals surface area contributed by atoms with E-state index in [4.69, 9.17) is 5.11 Å². The van der Waals surface area contributed by atoms with Crippen molar-refractivity contribution >= 4 is 17.9 Å². The van der Waals surface area contributed by atoms with Crippen LogP contribution >= 0.6 is 0 Å². The van der Waals surface area contributed by atoms with E-state index in [0.717, 1.165) is 0 Å². The summed E-state index contributed by atoms with van der Waals surface area (Å²) in [5.74, 6) is -1.56. The van der Waals surface area contributed by atoms with E-state index in [2.05, 4.69) is 0 Å². The van der Waals surface area contributed by atoms with Crippen LogP contribution in [0.1, 0.15) is 23.7 Å². The van der Waals surface area contributed by atoms with Crippen LogP contribution in [-0.2, 0) is 16.0 Å². The Morgan fingerprint density at radius 1 is 1.50 bits per heavy atom. The Hall–Kier alpha value is -2.28. The van der Waals surface area contributed by atoms with Crippen LogP contribution in [0.15, 0.2) is 18.2 Å². The van der Waals surface area contributed by atoms with E-state index >= 15 is 0 Å². The maximum atomic E-state index is 10.9. The minimum atomic E-state index is -1.96. The van der Waals surface area contributed by atoms with Crippen molar-refractivity contribution in [2.24, 2.45) is 0 Å². The van der Waals surface area contributed by atoms with Gasteiger partial charge in [0.05, 0.1) is 10.5 Å². The number of nitro benzene ring substituents is 1. The lowest BCUT2D eigenvalue weighted by Gasteiger charge is -2.09. The molecule has 0 saturated heterocycles. The summed E-state index contributed by atoms with van der Waals surface area (Å²) in [4.78, 5) is 31.1. The first-order valence-corrected chi connectivity index (χ1v) is 5.09. The van der Waals surface area contributed by atoms with Gasteiger partial charge in [-0.25, -0.2) is 4.79 Å². The second-order valence-electron chi connectivity index (χ2n) is 3.56. The molecule has 2 N–H and O–H groups in total. The van der Waals surface area contributed by atoms with Crippen LogP contribution in [0.3, 0.4) is 0 Å². The Morgan fingerprint density at radius 3 is 2.67 bits per heavy atom. The van der Waals surface area contributed by atoms with Crippen molar-refractivity contribution in [1.82, 2.24) is 0 Å². The van der Waals surface area contributed by atoms with Crippen molar-refractivity contribution in [3.05, 3.63) is 39.4 Å². The quantitative estimate of drug-likeness (QED) is 0.440. The van der Waals surface area contributed by atoms with Gasteiger partial charge >= 0.3 is 5.97 Å². The van der Waals surface area contributed by atoms with Crippen molar-refractivity contribution in [3.63, 3.8) is 0 Å². The topological polar surface area (TPSA) is 118 Å². The average Bonchev–Trinajstić information content (AvgIpc) is 2.34. The van der Waals surface area contributed by atoms with E-state index in [9.17, 15) is 24.8 Å². The highest BCUT2D eigenvalue weighted by atomic mass is 16.6. The summed E-state index contributed by atoms with van der Waals surface area (Å²) in [5.41, 5.74) is -0.505. The van der Waals surface area contributed by atoms with Crippen LogP contribution in [0.4, 0.5) is 5.69 Å². The standard InChI is InChI=1S/C11H11NO6/c13-6-2-4-7-3-1-5-8(9(7)12(17)18)10(14)11(15)16/h1,3,5-6,10,14H,2,4H2,(H,15,16). The van der Waals surface area contributed by atoms with Gasteiger partial charge in [-0.3, -0.25) is 10.1 Å². The number of aliphatic hydroxyl groups is 1. The zero-order valence-electron chi connectivity index (χ0n) is 9.28. The smallest absolute Gasteiger partial charge is 0.337 e. The van der Waals surface area contributed by atoms with Gasteiger partial charge in [0.15, 0.2) is 6.10 Å². The van der Waals surface area contributed by atoms with E-state index in [-0.39, 0.29) is 24.0 Å². The lowest BCUT2D eigenvalue weighted by Crippen LogP contribution is -2.13. The van der Waals surface area contributed by atoms with Gasteiger partial charge in [0.25, 0.3) is 5.69 Å². The maximum Gasteiger partial charge on any atom is 0.337 e. The van der Waals surface area contributed by atoms with Gasteiger partial charge in [0.2, 0.25) is 0 Å². The highest BCUT2D eigenvalue weighted by Crippen LogP contribution is 2.29. The van der Waals surface area contributed by atoms with Crippen molar-refractivity contribution in [3.8, 4) is 0 Å². The third-order valence-corrected chi connectivity index (χ3v) is 2.39. The number of benzene rings is 1. The van der Waals surface area contributed by atoms with Crippen molar-refractivity contribution in [1.29, 1.82) is 0 Å². The van der Waals surface area contributed by atoms with Gasteiger partial charge < -0.3 is 15.0 Å². The van der Waals surface area contributed by atoms with Crippen LogP contribution in [-0.4, -0.2) is 27.4 Å². The van der Waals surface area contributed by atoms with Gasteiger partial charge in [-0.05, 0) is 12.5 Å². The fourth-order valence-electron chi connectivity index (χ4n) is 1.60. The molecule has 1 rings (SSSR count). The number of nitro groups is 1. The lowest BCUT2D eigenvalue weighted by atomic mass is 10.00. The molecule has 1 unspecified atom stereocenters. The summed E-state index contributed by atoms with van der Waals surface area (Å²) in [6.07, 6.45) is -1.13. The SMILES string of the molecule is O=CCCc1cccc(C(O)C(=O)O)c1[N+](=O)[O-]. The minimum Gasteiger partial charge on any atom is -0.479 e. The van der Waals surface area contributed by atoms with Crippen LogP contribution < -0.4 is 0 Å². The Morgan fingerprint density at radius 2 is 2.17 bits per heavy atom. The number of para-hydroxylation sites is 1. The number of aryl methyl sites for hydroxylation is 1. The molecule has 0 bridgehead atoms. The number of hydrogen-bond acceptors (Lipinski definition) is 5. The zero-order valence-corrected chi connectivity index (χ0v) is 9.28. The zero-order chi connectivity index (χ0) is 13.7. The summed E-state index contributed by atoms with van der Waals surface area (Å²) in [6.45, 7) is 0. The molecule has 0 aliphatic heterocycles. The summed E-state index contributed by atoms with van der Waals surface area (Å²) in [7, 11) is 0. The Bertz CT molecular complexity index is 484. The molecule has 1 aromatic rings. The average molecular weight is 253 g/mol. The summed E-state index contributed by atoms with van der Waals surface area (Å²) in [6, 6.07) is 4.02. The largest absolute Gasteiger partial charge is 0.479 e. The number of aliphatic hydroxyl groups excluding tert-OH is 1. The van der Waals surface area contributed by atoms with Crippen molar-refractivity contribution < 1.29 is 24.7 Å². The lowest BCUT2D eigenvalue weighted by molar-refractivity contribution is -0.386. The van der Waals surface area contributed by atoms with Gasteiger partial charge in [0, 0.05) is 12.0 Å². The molecule has 1 aromatic carbocycles. The summed E-state index contributed by atoms with van der Waals surface area (Å²) < 4.78 is 0. The van der Waals surface area contributed by atoms with E-state index in [1.165, 1.54) is 18.2 Å². The molecule has 0 heterocycles. The third-order valence-electron chi connectivity index (χ3n) is 2.39. The van der Waals surface area contributed by atoms with Crippen molar-refractivity contribution in [2.75, 3.05) is 0 Å². The van der Waals surface area contributed by atoms with E-state index in [0.29, 0.717) is 6.29 Å². The number of carbonyl (C=O) groups excluding carboxylic acids is 1. The molecular formula is C11H11NO6. The molecule has 0 amide bonds. The Labute approximate surface area is 102 Å². The second-order valence-corrected chi connectivity index (χ2v) is 3.56. The number of rotatable bonds is 6. The molecule has 0 aliphatic carbocycles. The van der Waals surface area contributed by atoms with Crippen LogP contribution in [0.5, 0.6) is 0 Å². The van der Waals surface area contributed by atoms with E-state index < -0.39 is 22.7 Å². The van der Waals surface area contributed by atoms with Crippen LogP contribution in [0.2, 0.25) is 0 Å². The fraction of sp³-hybridized carbons (Fsp3) is 0.273. The van der Waals surface area contributed by atoms with Crippen molar-refractivity contribution in [2.45, 2.75) is 18.9 Å². The molecule has 0 aromatic heterocycles. The van der Waals surface area contributed by atoms with E-state index in [1.54, 1.807) is 0 Å². The molecule has 1 atom stereocenters. The highest BCUT2D eigenvalue weighted by Gasteiger charge is 2.28. The second kappa shape index (κ2) is 5.87. The molecular weight excluding hydrogens is 242 g/mol. The molecule has 0 aliphatic rings. The molecule has 0 fully saturated rings. The first kappa shape index (κ1) is 13.8. The molecule has 0 spiro atoms. The van der Waals surface area contributed by atoms with Gasteiger partial charge in [-0.15, -0.1) is 0 Å². The normalized spacial score (nSPS) is 11.8. The number of carboxylic acids is 1. The number of aldehydes is 1.